The van der Waals surface area contributed by atoms with Crippen LogP contribution in [0.15, 0.2) is 29.2 Å². The molecule has 0 radical (unpaired) electrons. The summed E-state index contributed by atoms with van der Waals surface area (Å²) < 4.78 is 0. The second-order valence-corrected chi connectivity index (χ2v) is 6.53. The van der Waals surface area contributed by atoms with E-state index in [9.17, 15) is 4.79 Å². The molecule has 1 unspecified atom stereocenters. The molecular formula is C16H22ClNOS. The van der Waals surface area contributed by atoms with E-state index in [0.717, 1.165) is 18.6 Å². The first-order valence-electron chi connectivity index (χ1n) is 7.31. The molecule has 0 spiro atoms. The van der Waals surface area contributed by atoms with Crippen molar-refractivity contribution in [1.29, 1.82) is 0 Å². The summed E-state index contributed by atoms with van der Waals surface area (Å²) in [7, 11) is 0. The van der Waals surface area contributed by atoms with Gasteiger partial charge < -0.3 is 4.90 Å². The predicted molar refractivity (Wildman–Crippen MR) is 86.7 cm³/mol. The van der Waals surface area contributed by atoms with Crippen molar-refractivity contribution >= 4 is 29.3 Å². The molecule has 0 saturated carbocycles. The number of nitrogens with zero attached hydrogens (tertiary/aromatic N) is 1. The van der Waals surface area contributed by atoms with Gasteiger partial charge in [-0.05, 0) is 24.5 Å². The summed E-state index contributed by atoms with van der Waals surface area (Å²) in [5.41, 5.74) is 1.19. The minimum absolute atomic E-state index is 0.0000154. The van der Waals surface area contributed by atoms with Crippen molar-refractivity contribution in [3.05, 3.63) is 29.8 Å². The largest absolute Gasteiger partial charge is 0.338 e. The van der Waals surface area contributed by atoms with Crippen molar-refractivity contribution in [2.75, 3.05) is 18.2 Å². The van der Waals surface area contributed by atoms with E-state index >= 15 is 0 Å². The number of thioether (sulfide) groups is 1. The van der Waals surface area contributed by atoms with Crippen LogP contribution in [0.4, 0.5) is 0 Å². The fourth-order valence-corrected chi connectivity index (χ4v) is 4.26. The van der Waals surface area contributed by atoms with Gasteiger partial charge in [-0.25, -0.2) is 0 Å². The van der Waals surface area contributed by atoms with Crippen molar-refractivity contribution < 1.29 is 4.79 Å². The van der Waals surface area contributed by atoms with Crippen LogP contribution in [0.1, 0.15) is 38.2 Å². The third-order valence-corrected chi connectivity index (χ3v) is 5.34. The van der Waals surface area contributed by atoms with Crippen LogP contribution in [-0.2, 0) is 4.79 Å². The van der Waals surface area contributed by atoms with E-state index in [1.54, 1.807) is 11.8 Å². The molecule has 1 amide bonds. The van der Waals surface area contributed by atoms with Crippen LogP contribution in [0, 0.1) is 0 Å². The molecule has 2 nitrogen and oxygen atoms in total. The van der Waals surface area contributed by atoms with E-state index < -0.39 is 0 Å². The fraction of sp³-hybridized carbons (Fsp3) is 0.562. The summed E-state index contributed by atoms with van der Waals surface area (Å²) >= 11 is 7.69. The number of alkyl halides is 1. The summed E-state index contributed by atoms with van der Waals surface area (Å²) in [5.74, 6) is 1.61. The number of hydrogen-bond donors (Lipinski definition) is 0. The van der Waals surface area contributed by atoms with Gasteiger partial charge in [0.25, 0.3) is 0 Å². The van der Waals surface area contributed by atoms with Gasteiger partial charge in [-0.2, -0.15) is 0 Å². The summed E-state index contributed by atoms with van der Waals surface area (Å²) in [6.07, 6.45) is 1.97. The average molecular weight is 312 g/mol. The highest BCUT2D eigenvalue weighted by Crippen LogP contribution is 2.40. The van der Waals surface area contributed by atoms with Gasteiger partial charge in [-0.3, -0.25) is 4.79 Å². The van der Waals surface area contributed by atoms with Crippen LogP contribution in [0.25, 0.3) is 0 Å². The second-order valence-electron chi connectivity index (χ2n) is 5.09. The maximum atomic E-state index is 12.9. The molecule has 4 heteroatoms. The zero-order chi connectivity index (χ0) is 14.5. The highest BCUT2D eigenvalue weighted by atomic mass is 35.5. The summed E-state index contributed by atoms with van der Waals surface area (Å²) in [6, 6.07) is 8.56. The topological polar surface area (TPSA) is 20.3 Å². The number of carbonyl (C=O) groups excluding carboxylic acids is 1. The molecule has 1 aromatic rings. The average Bonchev–Trinajstić information content (AvgIpc) is 2.91. The minimum atomic E-state index is 0.0000154. The van der Waals surface area contributed by atoms with Crippen LogP contribution in [0.3, 0.4) is 0 Å². The Labute approximate surface area is 130 Å². The number of halogens is 1. The van der Waals surface area contributed by atoms with E-state index in [-0.39, 0.29) is 11.8 Å². The molecule has 110 valence electrons. The highest BCUT2D eigenvalue weighted by molar-refractivity contribution is 7.99. The van der Waals surface area contributed by atoms with Gasteiger partial charge in [-0.15, -0.1) is 23.4 Å². The number of benzene rings is 1. The van der Waals surface area contributed by atoms with Gasteiger partial charge in [-0.1, -0.05) is 32.0 Å². The van der Waals surface area contributed by atoms with Crippen LogP contribution in [-0.4, -0.2) is 35.0 Å². The maximum absolute atomic E-state index is 12.9. The quantitative estimate of drug-likeness (QED) is 0.736. The lowest BCUT2D eigenvalue weighted by atomic mass is 9.98. The SMILES string of the molecule is CCC(CC)N(CCCl)C(=O)C1CSc2ccccc21. The molecular weight excluding hydrogens is 290 g/mol. The molecule has 1 heterocycles. The van der Waals surface area contributed by atoms with Gasteiger partial charge in [0.05, 0.1) is 5.92 Å². The van der Waals surface area contributed by atoms with Gasteiger partial charge in [0.2, 0.25) is 5.91 Å². The Bertz CT molecular complexity index is 462. The first kappa shape index (κ1) is 15.7. The maximum Gasteiger partial charge on any atom is 0.231 e. The smallest absolute Gasteiger partial charge is 0.231 e. The zero-order valence-corrected chi connectivity index (χ0v) is 13.7. The van der Waals surface area contributed by atoms with E-state index in [0.29, 0.717) is 18.5 Å². The minimum Gasteiger partial charge on any atom is -0.338 e. The number of carbonyl (C=O) groups is 1. The summed E-state index contributed by atoms with van der Waals surface area (Å²) in [5, 5.41) is 0. The number of rotatable bonds is 6. The molecule has 1 aliphatic rings. The molecule has 0 saturated heterocycles. The van der Waals surface area contributed by atoms with E-state index in [1.807, 2.05) is 17.0 Å². The standard InChI is InChI=1S/C16H22ClNOS/c1-3-12(4-2)18(10-9-17)16(19)14-11-20-15-8-6-5-7-13(14)15/h5-8,12,14H,3-4,9-11H2,1-2H3. The van der Waals surface area contributed by atoms with E-state index in [1.165, 1.54) is 10.5 Å². The molecule has 1 aliphatic heterocycles. The fourth-order valence-electron chi connectivity index (χ4n) is 2.86. The third-order valence-electron chi connectivity index (χ3n) is 3.99. The van der Waals surface area contributed by atoms with E-state index in [4.69, 9.17) is 11.6 Å². The molecule has 20 heavy (non-hydrogen) atoms. The number of amides is 1. The monoisotopic (exact) mass is 311 g/mol. The Hall–Kier alpha value is -0.670. The van der Waals surface area contributed by atoms with E-state index in [2.05, 4.69) is 26.0 Å². The highest BCUT2D eigenvalue weighted by Gasteiger charge is 2.33. The summed E-state index contributed by atoms with van der Waals surface area (Å²) in [6.45, 7) is 4.93. The Kier molecular flexibility index (Phi) is 5.79. The molecule has 0 aromatic heterocycles. The van der Waals surface area contributed by atoms with Gasteiger partial charge in [0.15, 0.2) is 0 Å². The molecule has 0 fully saturated rings. The van der Waals surface area contributed by atoms with Crippen molar-refractivity contribution in [2.45, 2.75) is 43.5 Å². The van der Waals surface area contributed by atoms with Crippen LogP contribution in [0.5, 0.6) is 0 Å². The van der Waals surface area contributed by atoms with Crippen LogP contribution in [0.2, 0.25) is 0 Å². The molecule has 1 atom stereocenters. The normalized spacial score (nSPS) is 17.3. The lowest BCUT2D eigenvalue weighted by Crippen LogP contribution is -2.43. The zero-order valence-electron chi connectivity index (χ0n) is 12.1. The summed E-state index contributed by atoms with van der Waals surface area (Å²) in [4.78, 5) is 16.2. The predicted octanol–water partition coefficient (Wildman–Crippen LogP) is 4.13. The molecule has 0 aliphatic carbocycles. The lowest BCUT2D eigenvalue weighted by Gasteiger charge is -2.32. The molecule has 0 bridgehead atoms. The Morgan fingerprint density at radius 1 is 1.40 bits per heavy atom. The lowest BCUT2D eigenvalue weighted by molar-refractivity contribution is -0.134. The second kappa shape index (κ2) is 7.37. The Morgan fingerprint density at radius 3 is 2.75 bits per heavy atom. The van der Waals surface area contributed by atoms with Gasteiger partial charge in [0, 0.05) is 29.1 Å². The van der Waals surface area contributed by atoms with Crippen molar-refractivity contribution in [3.8, 4) is 0 Å². The van der Waals surface area contributed by atoms with Gasteiger partial charge in [0.1, 0.15) is 0 Å². The van der Waals surface area contributed by atoms with Crippen LogP contribution < -0.4 is 0 Å². The molecule has 0 N–H and O–H groups in total. The van der Waals surface area contributed by atoms with Crippen molar-refractivity contribution in [3.63, 3.8) is 0 Å². The molecule has 2 rings (SSSR count). The molecule has 1 aromatic carbocycles. The Balaban J connectivity index is 2.20. The first-order valence-corrected chi connectivity index (χ1v) is 8.83. The third kappa shape index (κ3) is 3.15. The van der Waals surface area contributed by atoms with Gasteiger partial charge >= 0.3 is 0 Å². The number of hydrogen-bond acceptors (Lipinski definition) is 2. The van der Waals surface area contributed by atoms with Crippen molar-refractivity contribution in [2.24, 2.45) is 0 Å². The van der Waals surface area contributed by atoms with Crippen LogP contribution >= 0.6 is 23.4 Å². The Morgan fingerprint density at radius 2 is 2.10 bits per heavy atom. The van der Waals surface area contributed by atoms with Crippen molar-refractivity contribution in [1.82, 2.24) is 4.90 Å². The first-order chi connectivity index (χ1) is 9.72. The number of fused-ring (bicyclic) bond motifs is 1.